The fourth-order valence-corrected chi connectivity index (χ4v) is 2.14. The lowest BCUT2D eigenvalue weighted by Crippen LogP contribution is -2.20. The van der Waals surface area contributed by atoms with Gasteiger partial charge in [-0.1, -0.05) is 22.9 Å². The highest BCUT2D eigenvalue weighted by atomic mass is 35.5. The SMILES string of the molecule is COC(=O)c1sc(NCCOCC(F)(F)F)nc1Cl. The topological polar surface area (TPSA) is 60.5 Å². The van der Waals surface area contributed by atoms with Gasteiger partial charge in [-0.15, -0.1) is 0 Å². The number of esters is 1. The molecular weight excluding hydrogens is 309 g/mol. The lowest BCUT2D eigenvalue weighted by molar-refractivity contribution is -0.172. The van der Waals surface area contributed by atoms with Gasteiger partial charge in [-0.2, -0.15) is 13.2 Å². The van der Waals surface area contributed by atoms with E-state index in [0.29, 0.717) is 5.13 Å². The minimum atomic E-state index is -4.34. The number of aromatic nitrogens is 1. The van der Waals surface area contributed by atoms with E-state index in [0.717, 1.165) is 11.3 Å². The molecule has 19 heavy (non-hydrogen) atoms. The second-order valence-electron chi connectivity index (χ2n) is 3.23. The Morgan fingerprint density at radius 3 is 2.79 bits per heavy atom. The number of nitrogens with one attached hydrogen (secondary N) is 1. The van der Waals surface area contributed by atoms with Crippen LogP contribution in [0.5, 0.6) is 0 Å². The Bertz CT molecular complexity index is 439. The van der Waals surface area contributed by atoms with Crippen LogP contribution in [0.1, 0.15) is 9.67 Å². The van der Waals surface area contributed by atoms with Crippen molar-refractivity contribution < 1.29 is 27.4 Å². The Morgan fingerprint density at radius 1 is 1.53 bits per heavy atom. The molecule has 0 spiro atoms. The van der Waals surface area contributed by atoms with Crippen molar-refractivity contribution >= 4 is 34.0 Å². The molecule has 1 heterocycles. The van der Waals surface area contributed by atoms with Crippen LogP contribution in [0.3, 0.4) is 0 Å². The van der Waals surface area contributed by atoms with E-state index in [2.05, 4.69) is 19.8 Å². The Morgan fingerprint density at radius 2 is 2.21 bits per heavy atom. The summed E-state index contributed by atoms with van der Waals surface area (Å²) in [7, 11) is 1.20. The van der Waals surface area contributed by atoms with Gasteiger partial charge < -0.3 is 14.8 Å². The van der Waals surface area contributed by atoms with Gasteiger partial charge in [-0.05, 0) is 0 Å². The van der Waals surface area contributed by atoms with Gasteiger partial charge in [0.2, 0.25) is 0 Å². The molecule has 0 radical (unpaired) electrons. The number of thiazole rings is 1. The molecule has 0 fully saturated rings. The molecule has 0 unspecified atom stereocenters. The molecule has 0 saturated carbocycles. The number of ether oxygens (including phenoxy) is 2. The summed E-state index contributed by atoms with van der Waals surface area (Å²) < 4.78 is 44.2. The molecule has 0 aliphatic carbocycles. The number of alkyl halides is 3. The zero-order chi connectivity index (χ0) is 14.5. The van der Waals surface area contributed by atoms with Crippen LogP contribution in [0, 0.1) is 0 Å². The predicted molar refractivity (Wildman–Crippen MR) is 63.8 cm³/mol. The van der Waals surface area contributed by atoms with E-state index in [4.69, 9.17) is 11.6 Å². The number of hydrogen-bond donors (Lipinski definition) is 1. The second kappa shape index (κ2) is 6.92. The van der Waals surface area contributed by atoms with E-state index in [1.54, 1.807) is 0 Å². The van der Waals surface area contributed by atoms with E-state index in [-0.39, 0.29) is 23.2 Å². The molecule has 0 bridgehead atoms. The molecule has 1 rings (SSSR count). The largest absolute Gasteiger partial charge is 0.465 e. The third kappa shape index (κ3) is 5.62. The number of halogens is 4. The lowest BCUT2D eigenvalue weighted by atomic mass is 10.6. The molecule has 0 aliphatic heterocycles. The van der Waals surface area contributed by atoms with Crippen LogP contribution in [0.2, 0.25) is 5.15 Å². The van der Waals surface area contributed by atoms with Gasteiger partial charge in [-0.3, -0.25) is 0 Å². The maximum Gasteiger partial charge on any atom is 0.411 e. The van der Waals surface area contributed by atoms with Crippen LogP contribution in [0.4, 0.5) is 18.3 Å². The summed E-state index contributed by atoms with van der Waals surface area (Å²) in [5, 5.41) is 2.98. The second-order valence-corrected chi connectivity index (χ2v) is 4.58. The molecule has 0 saturated heterocycles. The monoisotopic (exact) mass is 318 g/mol. The number of hydrogen-bond acceptors (Lipinski definition) is 6. The minimum absolute atomic E-state index is 0.0180. The summed E-state index contributed by atoms with van der Waals surface area (Å²) in [5.74, 6) is -0.621. The van der Waals surface area contributed by atoms with E-state index in [1.807, 2.05) is 0 Å². The summed E-state index contributed by atoms with van der Waals surface area (Å²) >= 11 is 6.65. The van der Waals surface area contributed by atoms with Gasteiger partial charge in [0.1, 0.15) is 6.61 Å². The summed E-state index contributed by atoms with van der Waals surface area (Å²) in [5.41, 5.74) is 0. The van der Waals surface area contributed by atoms with Crippen LogP contribution in [-0.2, 0) is 9.47 Å². The molecule has 1 aromatic heterocycles. The number of carbonyl (C=O) groups is 1. The highest BCUT2D eigenvalue weighted by molar-refractivity contribution is 7.18. The molecule has 0 aliphatic rings. The van der Waals surface area contributed by atoms with Crippen molar-refractivity contribution in [2.75, 3.05) is 32.2 Å². The van der Waals surface area contributed by atoms with Crippen molar-refractivity contribution in [2.45, 2.75) is 6.18 Å². The Hall–Kier alpha value is -1.06. The van der Waals surface area contributed by atoms with E-state index < -0.39 is 18.8 Å². The highest BCUT2D eigenvalue weighted by Crippen LogP contribution is 2.27. The van der Waals surface area contributed by atoms with Crippen LogP contribution in [0.25, 0.3) is 0 Å². The van der Waals surface area contributed by atoms with Gasteiger partial charge in [-0.25, -0.2) is 9.78 Å². The van der Waals surface area contributed by atoms with E-state index in [9.17, 15) is 18.0 Å². The summed E-state index contributed by atoms with van der Waals surface area (Å²) in [4.78, 5) is 15.2. The molecule has 1 aromatic rings. The lowest BCUT2D eigenvalue weighted by Gasteiger charge is -2.07. The van der Waals surface area contributed by atoms with Crippen LogP contribution in [-0.4, -0.2) is 44.0 Å². The zero-order valence-electron chi connectivity index (χ0n) is 9.71. The van der Waals surface area contributed by atoms with Crippen LogP contribution in [0.15, 0.2) is 0 Å². The van der Waals surface area contributed by atoms with Crippen LogP contribution >= 0.6 is 22.9 Å². The van der Waals surface area contributed by atoms with Gasteiger partial charge >= 0.3 is 12.1 Å². The zero-order valence-corrected chi connectivity index (χ0v) is 11.3. The van der Waals surface area contributed by atoms with Gasteiger partial charge in [0, 0.05) is 6.54 Å². The number of anilines is 1. The molecular formula is C9H10ClF3N2O3S. The molecule has 0 aromatic carbocycles. The summed E-state index contributed by atoms with van der Waals surface area (Å²) in [6.07, 6.45) is -4.34. The van der Waals surface area contributed by atoms with Crippen molar-refractivity contribution in [3.05, 3.63) is 10.0 Å². The fraction of sp³-hybridized carbons (Fsp3) is 0.556. The van der Waals surface area contributed by atoms with Crippen molar-refractivity contribution in [3.63, 3.8) is 0 Å². The van der Waals surface area contributed by atoms with Crippen molar-refractivity contribution in [2.24, 2.45) is 0 Å². The highest BCUT2D eigenvalue weighted by Gasteiger charge is 2.27. The maximum atomic E-state index is 11.8. The van der Waals surface area contributed by atoms with Gasteiger partial charge in [0.05, 0.1) is 13.7 Å². The molecule has 10 heteroatoms. The standard InChI is InChI=1S/C9H10ClF3N2O3S/c1-17-7(16)5-6(10)15-8(19-5)14-2-3-18-4-9(11,12)13/h2-4H2,1H3,(H,14,15). The number of nitrogens with zero attached hydrogens (tertiary/aromatic N) is 1. The average Bonchev–Trinajstić information content (AvgIpc) is 2.67. The number of carbonyl (C=O) groups excluding carboxylic acids is 1. The molecule has 0 atom stereocenters. The Kier molecular flexibility index (Phi) is 5.83. The van der Waals surface area contributed by atoms with Crippen molar-refractivity contribution in [3.8, 4) is 0 Å². The average molecular weight is 319 g/mol. The molecule has 5 nitrogen and oxygen atoms in total. The first kappa shape index (κ1) is 16.0. The number of rotatable bonds is 6. The quantitative estimate of drug-likeness (QED) is 0.645. The smallest absolute Gasteiger partial charge is 0.411 e. The van der Waals surface area contributed by atoms with Crippen molar-refractivity contribution in [1.82, 2.24) is 4.98 Å². The van der Waals surface area contributed by atoms with Gasteiger partial charge in [0.15, 0.2) is 15.2 Å². The minimum Gasteiger partial charge on any atom is -0.465 e. The third-order valence-electron chi connectivity index (χ3n) is 1.74. The third-order valence-corrected chi connectivity index (χ3v) is 3.12. The van der Waals surface area contributed by atoms with Gasteiger partial charge in [0.25, 0.3) is 0 Å². The number of methoxy groups -OCH3 is 1. The van der Waals surface area contributed by atoms with Crippen LogP contribution < -0.4 is 5.32 Å². The van der Waals surface area contributed by atoms with Crippen molar-refractivity contribution in [1.29, 1.82) is 0 Å². The summed E-state index contributed by atoms with van der Waals surface area (Å²) in [6.45, 7) is -1.34. The maximum absolute atomic E-state index is 11.8. The first-order valence-electron chi connectivity index (χ1n) is 4.96. The first-order valence-corrected chi connectivity index (χ1v) is 6.16. The van der Waals surface area contributed by atoms with E-state index in [1.165, 1.54) is 7.11 Å². The Balaban J connectivity index is 2.36. The molecule has 0 amide bonds. The predicted octanol–water partition coefficient (Wildman–Crippen LogP) is 2.57. The molecule has 1 N–H and O–H groups in total. The fourth-order valence-electron chi connectivity index (χ4n) is 1.01. The summed E-state index contributed by atoms with van der Waals surface area (Å²) in [6, 6.07) is 0. The molecule has 108 valence electrons. The Labute approximate surface area is 115 Å². The van der Waals surface area contributed by atoms with E-state index >= 15 is 0 Å². The normalized spacial score (nSPS) is 11.4. The first-order chi connectivity index (χ1) is 8.83.